The number of ether oxygens (including phenoxy) is 1. The van der Waals surface area contributed by atoms with Crippen LogP contribution >= 0.6 is 7.82 Å². The van der Waals surface area contributed by atoms with E-state index < -0.39 is 33.1 Å². The number of rotatable bonds is 23. The third kappa shape index (κ3) is 21.1. The van der Waals surface area contributed by atoms with Crippen LogP contribution in [0.3, 0.4) is 0 Å². The Morgan fingerprint density at radius 1 is 0.938 bits per heavy atom. The Morgan fingerprint density at radius 2 is 1.50 bits per heavy atom. The summed E-state index contributed by atoms with van der Waals surface area (Å²) in [5.74, 6) is -0.454. The Morgan fingerprint density at radius 3 is 2.06 bits per heavy atom. The second kappa shape index (κ2) is 22.1. The summed E-state index contributed by atoms with van der Waals surface area (Å²) in [6, 6.07) is 0. The van der Waals surface area contributed by atoms with E-state index in [1.807, 2.05) is 0 Å². The van der Waals surface area contributed by atoms with E-state index in [4.69, 9.17) is 15.0 Å². The van der Waals surface area contributed by atoms with Gasteiger partial charge in [0.25, 0.3) is 0 Å². The molecule has 32 heavy (non-hydrogen) atoms. The maximum absolute atomic E-state index is 11.9. The Bertz CT molecular complexity index is 517. The average Bonchev–Trinajstić information content (AvgIpc) is 2.77. The van der Waals surface area contributed by atoms with Crippen molar-refractivity contribution >= 4 is 13.8 Å². The van der Waals surface area contributed by atoms with E-state index in [0.29, 0.717) is 0 Å². The first-order valence-electron chi connectivity index (χ1n) is 12.2. The number of aliphatic hydroxyl groups excluding tert-OH is 1. The first kappa shape index (κ1) is 31.2. The molecule has 2 atom stereocenters. The topological polar surface area (TPSA) is 128 Å². The minimum Gasteiger partial charge on any atom is -0.457 e. The van der Waals surface area contributed by atoms with Crippen LogP contribution in [-0.2, 0) is 23.1 Å². The molecule has 0 amide bonds. The molecule has 0 aliphatic carbocycles. The van der Waals surface area contributed by atoms with E-state index in [1.165, 1.54) is 57.8 Å². The fourth-order valence-corrected chi connectivity index (χ4v) is 3.86. The van der Waals surface area contributed by atoms with Gasteiger partial charge in [-0.3, -0.25) is 13.8 Å². The lowest BCUT2D eigenvalue weighted by Crippen LogP contribution is -2.27. The quantitative estimate of drug-likeness (QED) is 0.0806. The molecule has 0 aromatic carbocycles. The molecule has 1 unspecified atom stereocenters. The third-order valence-corrected chi connectivity index (χ3v) is 5.92. The number of phosphoric acid groups is 1. The SMILES string of the molecule is CCCCCCC=CCCCCCCCCCC(=O)O[C@H](CO)COP(=O)(O)OCCN. The Labute approximate surface area is 194 Å². The molecule has 9 heteroatoms. The molecule has 0 aliphatic heterocycles. The zero-order valence-corrected chi connectivity index (χ0v) is 20.8. The summed E-state index contributed by atoms with van der Waals surface area (Å²) in [6.45, 7) is 1.25. The van der Waals surface area contributed by atoms with Gasteiger partial charge in [-0.25, -0.2) is 4.57 Å². The molecular formula is C23H46NO7P. The molecule has 0 aromatic rings. The number of phosphoric ester groups is 1. The predicted molar refractivity (Wildman–Crippen MR) is 127 cm³/mol. The average molecular weight is 480 g/mol. The van der Waals surface area contributed by atoms with Crippen LogP contribution < -0.4 is 5.73 Å². The van der Waals surface area contributed by atoms with Crippen molar-refractivity contribution in [2.45, 2.75) is 103 Å². The number of unbranched alkanes of at least 4 members (excludes halogenated alkanes) is 11. The molecule has 0 aromatic heterocycles. The Kier molecular flexibility index (Phi) is 21.5. The summed E-state index contributed by atoms with van der Waals surface area (Å²) >= 11 is 0. The summed E-state index contributed by atoms with van der Waals surface area (Å²) in [6.07, 6.45) is 19.1. The van der Waals surface area contributed by atoms with E-state index in [0.717, 1.165) is 25.7 Å². The van der Waals surface area contributed by atoms with Crippen LogP contribution in [0, 0.1) is 0 Å². The molecule has 190 valence electrons. The van der Waals surface area contributed by atoms with Gasteiger partial charge in [0, 0.05) is 13.0 Å². The summed E-state index contributed by atoms with van der Waals surface area (Å²) in [7, 11) is -4.26. The fourth-order valence-electron chi connectivity index (χ4n) is 3.09. The monoisotopic (exact) mass is 479 g/mol. The molecule has 0 spiro atoms. The highest BCUT2D eigenvalue weighted by Crippen LogP contribution is 2.42. The highest BCUT2D eigenvalue weighted by molar-refractivity contribution is 7.47. The van der Waals surface area contributed by atoms with E-state index in [9.17, 15) is 19.4 Å². The summed E-state index contributed by atoms with van der Waals surface area (Å²) in [5, 5.41) is 9.26. The van der Waals surface area contributed by atoms with Gasteiger partial charge < -0.3 is 20.5 Å². The normalized spacial score (nSPS) is 14.5. The van der Waals surface area contributed by atoms with Gasteiger partial charge in [-0.15, -0.1) is 0 Å². The lowest BCUT2D eigenvalue weighted by Gasteiger charge is -2.17. The van der Waals surface area contributed by atoms with Crippen molar-refractivity contribution in [3.8, 4) is 0 Å². The van der Waals surface area contributed by atoms with Crippen LogP contribution in [0.1, 0.15) is 96.8 Å². The number of carbonyl (C=O) groups is 1. The van der Waals surface area contributed by atoms with Crippen LogP contribution in [0.15, 0.2) is 12.2 Å². The number of esters is 1. The molecule has 0 heterocycles. The molecule has 0 saturated heterocycles. The zero-order valence-electron chi connectivity index (χ0n) is 19.9. The Hall–Kier alpha value is -0.760. The van der Waals surface area contributed by atoms with E-state index >= 15 is 0 Å². The second-order valence-corrected chi connectivity index (χ2v) is 9.47. The molecule has 8 nitrogen and oxygen atoms in total. The van der Waals surface area contributed by atoms with Crippen LogP contribution in [0.25, 0.3) is 0 Å². The number of nitrogens with two attached hydrogens (primary N) is 1. The Balaban J connectivity index is 3.61. The van der Waals surface area contributed by atoms with Crippen molar-refractivity contribution in [1.82, 2.24) is 0 Å². The van der Waals surface area contributed by atoms with Gasteiger partial charge in [-0.2, -0.15) is 0 Å². The second-order valence-electron chi connectivity index (χ2n) is 8.01. The first-order valence-corrected chi connectivity index (χ1v) is 13.7. The molecule has 0 fully saturated rings. The van der Waals surface area contributed by atoms with Gasteiger partial charge in [-0.05, 0) is 32.1 Å². The van der Waals surface area contributed by atoms with Crippen molar-refractivity contribution in [2.24, 2.45) is 5.73 Å². The predicted octanol–water partition coefficient (Wildman–Crippen LogP) is 5.02. The van der Waals surface area contributed by atoms with Crippen molar-refractivity contribution in [3.63, 3.8) is 0 Å². The van der Waals surface area contributed by atoms with E-state index in [-0.39, 0.29) is 19.6 Å². The van der Waals surface area contributed by atoms with Gasteiger partial charge in [0.1, 0.15) is 6.10 Å². The third-order valence-electron chi connectivity index (χ3n) is 4.94. The summed E-state index contributed by atoms with van der Waals surface area (Å²) in [5.41, 5.74) is 5.19. The first-order chi connectivity index (χ1) is 15.4. The number of aliphatic hydroxyl groups is 1. The lowest BCUT2D eigenvalue weighted by atomic mass is 10.1. The highest BCUT2D eigenvalue weighted by atomic mass is 31.2. The molecule has 0 radical (unpaired) electrons. The summed E-state index contributed by atoms with van der Waals surface area (Å²) < 4.78 is 25.9. The summed E-state index contributed by atoms with van der Waals surface area (Å²) in [4.78, 5) is 21.3. The maximum Gasteiger partial charge on any atom is 0.472 e. The van der Waals surface area contributed by atoms with Crippen LogP contribution in [-0.4, -0.2) is 48.4 Å². The van der Waals surface area contributed by atoms with Crippen molar-refractivity contribution < 1.29 is 33.1 Å². The number of hydrogen-bond acceptors (Lipinski definition) is 7. The van der Waals surface area contributed by atoms with E-state index in [1.54, 1.807) is 0 Å². The zero-order chi connectivity index (χ0) is 23.9. The number of carbonyl (C=O) groups excluding carboxylic acids is 1. The van der Waals surface area contributed by atoms with Crippen molar-refractivity contribution in [3.05, 3.63) is 12.2 Å². The molecule has 0 rings (SSSR count). The van der Waals surface area contributed by atoms with Crippen molar-refractivity contribution in [2.75, 3.05) is 26.4 Å². The van der Waals surface area contributed by atoms with Crippen LogP contribution in [0.5, 0.6) is 0 Å². The largest absolute Gasteiger partial charge is 0.472 e. The maximum atomic E-state index is 11.9. The van der Waals surface area contributed by atoms with Crippen molar-refractivity contribution in [1.29, 1.82) is 0 Å². The van der Waals surface area contributed by atoms with Crippen LogP contribution in [0.4, 0.5) is 0 Å². The minimum atomic E-state index is -4.26. The molecule has 0 bridgehead atoms. The van der Waals surface area contributed by atoms with E-state index in [2.05, 4.69) is 23.6 Å². The standard InChI is InChI=1S/C23H46NO7P/c1-2-3-4-5-6-7-8-9-10-11-12-13-14-15-16-17-23(26)31-22(20-25)21-30-32(27,28)29-19-18-24/h7-8,22,25H,2-6,9-21,24H2,1H3,(H,27,28)/t22-/m1/s1. The van der Waals surface area contributed by atoms with Crippen LogP contribution in [0.2, 0.25) is 0 Å². The molecule has 4 N–H and O–H groups in total. The van der Waals surface area contributed by atoms with Gasteiger partial charge in [0.15, 0.2) is 0 Å². The highest BCUT2D eigenvalue weighted by Gasteiger charge is 2.24. The fraction of sp³-hybridized carbons (Fsp3) is 0.870. The van der Waals surface area contributed by atoms with Gasteiger partial charge in [-0.1, -0.05) is 70.4 Å². The number of allylic oxidation sites excluding steroid dienone is 2. The van der Waals surface area contributed by atoms with Gasteiger partial charge in [0.05, 0.1) is 19.8 Å². The van der Waals surface area contributed by atoms with Gasteiger partial charge >= 0.3 is 13.8 Å². The van der Waals surface area contributed by atoms with Gasteiger partial charge in [0.2, 0.25) is 0 Å². The smallest absolute Gasteiger partial charge is 0.457 e. The number of hydrogen-bond donors (Lipinski definition) is 3. The molecule has 0 aliphatic rings. The minimum absolute atomic E-state index is 0.0723. The molecular weight excluding hydrogens is 433 g/mol. The molecule has 0 saturated carbocycles. The lowest BCUT2D eigenvalue weighted by molar-refractivity contribution is -0.153.